The highest BCUT2D eigenvalue weighted by atomic mass is 16.6. The third-order valence-electron chi connectivity index (χ3n) is 6.48. The number of hydrogen-bond acceptors (Lipinski definition) is 3. The summed E-state index contributed by atoms with van der Waals surface area (Å²) in [5, 5.41) is 0. The first kappa shape index (κ1) is 33.4. The van der Waals surface area contributed by atoms with Crippen LogP contribution in [0.2, 0.25) is 0 Å². The number of unbranched alkanes of at least 4 members (excludes halogenated alkanes) is 21. The highest BCUT2D eigenvalue weighted by molar-refractivity contribution is 6.04. The Kier molecular flexibility index (Phi) is 27.3. The summed E-state index contributed by atoms with van der Waals surface area (Å²) in [4.78, 5) is 19.8. The lowest BCUT2D eigenvalue weighted by Crippen LogP contribution is -1.96. The van der Waals surface area contributed by atoms with Gasteiger partial charge >= 0.3 is 11.9 Å². The minimum atomic E-state index is -0.579. The van der Waals surface area contributed by atoms with E-state index in [-0.39, 0.29) is 0 Å². The van der Waals surface area contributed by atoms with Crippen LogP contribution in [0.1, 0.15) is 155 Å². The summed E-state index contributed by atoms with van der Waals surface area (Å²) in [5.74, 6) is -1.16. The van der Waals surface area contributed by atoms with Crippen molar-refractivity contribution in [2.24, 2.45) is 0 Å². The first-order chi connectivity index (χ1) is 17.2. The van der Waals surface area contributed by atoms with Crippen molar-refractivity contribution in [2.45, 2.75) is 155 Å². The maximum Gasteiger partial charge on any atom is 0.338 e. The minimum absolute atomic E-state index is 0.579. The fourth-order valence-electron chi connectivity index (χ4n) is 4.25. The molecule has 0 radical (unpaired) electrons. The highest BCUT2D eigenvalue weighted by Gasteiger charge is 2.10. The number of carbonyl (C=O) groups is 2. The molecule has 0 atom stereocenters. The van der Waals surface area contributed by atoms with Crippen molar-refractivity contribution < 1.29 is 14.3 Å². The zero-order chi connectivity index (χ0) is 25.7. The average molecular weight is 489 g/mol. The molecule has 0 aromatic carbocycles. The molecular weight excluding hydrogens is 432 g/mol. The van der Waals surface area contributed by atoms with E-state index in [0.717, 1.165) is 12.2 Å². The topological polar surface area (TPSA) is 43.4 Å². The van der Waals surface area contributed by atoms with Gasteiger partial charge in [-0.1, -0.05) is 134 Å². The summed E-state index contributed by atoms with van der Waals surface area (Å²) >= 11 is 0. The van der Waals surface area contributed by atoms with Crippen molar-refractivity contribution in [3.63, 3.8) is 0 Å². The monoisotopic (exact) mass is 488 g/mol. The van der Waals surface area contributed by atoms with Gasteiger partial charge in [-0.3, -0.25) is 0 Å². The van der Waals surface area contributed by atoms with Crippen LogP contribution >= 0.6 is 0 Å². The Bertz CT molecular complexity index is 531. The standard InChI is InChI=1S/C28H54.C4H2O3/c1-3-5-7-9-11-13-15-17-19-21-23-25-27-28-26-24-22-20-18-16-14-12-10-8-6-4-2;5-3-1-2-4(6)7-3/h3,18,20H,1,4-17,19,21-28H2,2H3;1-2H. The second-order valence-electron chi connectivity index (χ2n) is 9.92. The molecule has 1 rings (SSSR count). The van der Waals surface area contributed by atoms with Crippen molar-refractivity contribution in [1.29, 1.82) is 0 Å². The molecule has 0 saturated heterocycles. The van der Waals surface area contributed by atoms with Gasteiger partial charge in [-0.15, -0.1) is 6.58 Å². The van der Waals surface area contributed by atoms with Crippen LogP contribution in [0, 0.1) is 0 Å². The maximum atomic E-state index is 9.92. The van der Waals surface area contributed by atoms with Crippen LogP contribution in [-0.4, -0.2) is 11.9 Å². The molecule has 1 heterocycles. The van der Waals surface area contributed by atoms with Crippen molar-refractivity contribution in [3.8, 4) is 0 Å². The van der Waals surface area contributed by atoms with Crippen molar-refractivity contribution in [3.05, 3.63) is 37.0 Å². The summed E-state index contributed by atoms with van der Waals surface area (Å²) < 4.78 is 3.97. The zero-order valence-electron chi connectivity index (χ0n) is 23.1. The fraction of sp³-hybridized carbons (Fsp3) is 0.750. The van der Waals surface area contributed by atoms with E-state index in [1.165, 1.54) is 148 Å². The van der Waals surface area contributed by atoms with Gasteiger partial charge in [0.25, 0.3) is 0 Å². The van der Waals surface area contributed by atoms with Crippen LogP contribution in [0.3, 0.4) is 0 Å². The number of allylic oxidation sites excluding steroid dienone is 3. The lowest BCUT2D eigenvalue weighted by molar-refractivity contribution is -0.150. The Balaban J connectivity index is 0.00000140. The van der Waals surface area contributed by atoms with Gasteiger partial charge in [0.15, 0.2) is 0 Å². The molecular formula is C32H56O3. The lowest BCUT2D eigenvalue weighted by Gasteiger charge is -2.03. The van der Waals surface area contributed by atoms with Crippen LogP contribution in [-0.2, 0) is 14.3 Å². The molecule has 0 bridgehead atoms. The van der Waals surface area contributed by atoms with Gasteiger partial charge < -0.3 is 4.74 Å². The Labute approximate surface area is 217 Å². The molecule has 0 unspecified atom stereocenters. The second kappa shape index (κ2) is 28.6. The van der Waals surface area contributed by atoms with E-state index in [2.05, 4.69) is 36.5 Å². The summed E-state index contributed by atoms with van der Waals surface area (Å²) in [7, 11) is 0. The van der Waals surface area contributed by atoms with E-state index in [0.29, 0.717) is 0 Å². The molecule has 1 aliphatic heterocycles. The molecule has 0 N–H and O–H groups in total. The van der Waals surface area contributed by atoms with E-state index < -0.39 is 11.9 Å². The van der Waals surface area contributed by atoms with E-state index in [9.17, 15) is 9.59 Å². The second-order valence-corrected chi connectivity index (χ2v) is 9.92. The number of hydrogen-bond donors (Lipinski definition) is 0. The maximum absolute atomic E-state index is 9.92. The molecule has 0 amide bonds. The van der Waals surface area contributed by atoms with Crippen LogP contribution in [0.4, 0.5) is 0 Å². The number of cyclic esters (lactones) is 2. The first-order valence-corrected chi connectivity index (χ1v) is 14.9. The number of esters is 2. The molecule has 0 spiro atoms. The Hall–Kier alpha value is -1.64. The minimum Gasteiger partial charge on any atom is -0.387 e. The molecule has 0 aliphatic carbocycles. The molecule has 0 saturated carbocycles. The van der Waals surface area contributed by atoms with Crippen molar-refractivity contribution in [1.82, 2.24) is 0 Å². The smallest absolute Gasteiger partial charge is 0.338 e. The molecule has 35 heavy (non-hydrogen) atoms. The predicted octanol–water partition coefficient (Wildman–Crippen LogP) is 10.3. The predicted molar refractivity (Wildman–Crippen MR) is 151 cm³/mol. The van der Waals surface area contributed by atoms with Crippen molar-refractivity contribution >= 4 is 11.9 Å². The quantitative estimate of drug-likeness (QED) is 0.0587. The Morgan fingerprint density at radius 2 is 0.857 bits per heavy atom. The first-order valence-electron chi connectivity index (χ1n) is 14.9. The van der Waals surface area contributed by atoms with Gasteiger partial charge in [-0.25, -0.2) is 9.59 Å². The molecule has 0 aromatic rings. The molecule has 0 aromatic heterocycles. The summed E-state index contributed by atoms with van der Waals surface area (Å²) in [6, 6.07) is 0. The number of rotatable bonds is 24. The third-order valence-corrected chi connectivity index (χ3v) is 6.48. The fourth-order valence-corrected chi connectivity index (χ4v) is 4.25. The summed E-state index contributed by atoms with van der Waals surface area (Å²) in [6.07, 6.45) is 41.6. The van der Waals surface area contributed by atoms with Crippen LogP contribution in [0.5, 0.6) is 0 Å². The highest BCUT2D eigenvalue weighted by Crippen LogP contribution is 2.14. The van der Waals surface area contributed by atoms with E-state index >= 15 is 0 Å². The van der Waals surface area contributed by atoms with E-state index in [1.807, 2.05) is 0 Å². The van der Waals surface area contributed by atoms with Crippen LogP contribution < -0.4 is 0 Å². The summed E-state index contributed by atoms with van der Waals surface area (Å²) in [5.41, 5.74) is 0. The van der Waals surface area contributed by atoms with Gasteiger partial charge in [-0.05, 0) is 38.5 Å². The van der Waals surface area contributed by atoms with Gasteiger partial charge in [0.05, 0.1) is 0 Å². The SMILES string of the molecule is C=CCCCCCCCCCCCCCCCCC=CCCCCCCCC.O=C1C=CC(=O)O1. The largest absolute Gasteiger partial charge is 0.387 e. The number of carbonyl (C=O) groups excluding carboxylic acids is 2. The zero-order valence-corrected chi connectivity index (χ0v) is 23.1. The van der Waals surface area contributed by atoms with Gasteiger partial charge in [-0.2, -0.15) is 0 Å². The molecule has 3 nitrogen and oxygen atoms in total. The van der Waals surface area contributed by atoms with Crippen molar-refractivity contribution in [2.75, 3.05) is 0 Å². The molecule has 1 aliphatic rings. The average Bonchev–Trinajstić information content (AvgIpc) is 3.24. The van der Waals surface area contributed by atoms with Gasteiger partial charge in [0, 0.05) is 12.2 Å². The lowest BCUT2D eigenvalue weighted by atomic mass is 10.0. The Morgan fingerprint density at radius 1 is 0.543 bits per heavy atom. The Morgan fingerprint density at radius 3 is 1.14 bits per heavy atom. The molecule has 3 heteroatoms. The van der Waals surface area contributed by atoms with Crippen LogP contribution in [0.15, 0.2) is 37.0 Å². The number of ether oxygens (including phenoxy) is 1. The molecule has 202 valence electrons. The van der Waals surface area contributed by atoms with Crippen LogP contribution in [0.25, 0.3) is 0 Å². The third kappa shape index (κ3) is 28.5. The summed E-state index contributed by atoms with van der Waals surface area (Å²) in [6.45, 7) is 6.08. The van der Waals surface area contributed by atoms with Gasteiger partial charge in [0.1, 0.15) is 0 Å². The van der Waals surface area contributed by atoms with E-state index in [1.54, 1.807) is 0 Å². The van der Waals surface area contributed by atoms with E-state index in [4.69, 9.17) is 0 Å². The van der Waals surface area contributed by atoms with Gasteiger partial charge in [0.2, 0.25) is 0 Å². The normalized spacial score (nSPS) is 12.7. The molecule has 0 fully saturated rings.